The minimum Gasteiger partial charge on any atom is -0.495 e. The van der Waals surface area contributed by atoms with Crippen molar-refractivity contribution in [2.75, 3.05) is 12.8 Å². The number of nitrogens with zero attached hydrogens (tertiary/aromatic N) is 1. The van der Waals surface area contributed by atoms with Crippen LogP contribution in [-0.4, -0.2) is 12.3 Å². The van der Waals surface area contributed by atoms with Crippen molar-refractivity contribution in [3.63, 3.8) is 0 Å². The summed E-state index contributed by atoms with van der Waals surface area (Å²) in [4.78, 5) is 0.918. The number of methoxy groups -OCH3 is 1. The fourth-order valence-electron chi connectivity index (χ4n) is 1.06. The second kappa shape index (κ2) is 3.77. The van der Waals surface area contributed by atoms with Crippen LogP contribution >= 0.6 is 33.9 Å². The molecule has 0 saturated carbocycles. The van der Waals surface area contributed by atoms with E-state index in [0.29, 0.717) is 11.6 Å². The lowest BCUT2D eigenvalue weighted by molar-refractivity contribution is 0.409. The third-order valence-electron chi connectivity index (χ3n) is 1.71. The number of hydrogen-bond donors (Lipinski definition) is 1. The molecule has 0 fully saturated rings. The molecule has 0 aromatic carbocycles. The first kappa shape index (κ1) is 9.78. The highest BCUT2D eigenvalue weighted by atomic mass is 127. The number of anilines is 1. The summed E-state index contributed by atoms with van der Waals surface area (Å²) in [5.41, 5.74) is 5.59. The van der Waals surface area contributed by atoms with Gasteiger partial charge in [-0.2, -0.15) is 0 Å². The summed E-state index contributed by atoms with van der Waals surface area (Å²) in [6, 6.07) is 1.88. The zero-order chi connectivity index (χ0) is 10.1. The number of nitrogen functional groups attached to an aromatic ring is 1. The number of aromatic nitrogens is 1. The summed E-state index contributed by atoms with van der Waals surface area (Å²) >= 11 is 3.64. The standard InChI is InChI=1S/C8H7IN2O2S/c1-12-4-2-3-14-7(4)6-5(9)8(10)11-13-6/h2-3H,1H3,(H2,10,11). The van der Waals surface area contributed by atoms with Gasteiger partial charge in [0.1, 0.15) is 14.2 Å². The van der Waals surface area contributed by atoms with Gasteiger partial charge in [0, 0.05) is 0 Å². The van der Waals surface area contributed by atoms with E-state index in [1.54, 1.807) is 7.11 Å². The van der Waals surface area contributed by atoms with Crippen LogP contribution in [0.2, 0.25) is 0 Å². The summed E-state index contributed by atoms with van der Waals surface area (Å²) in [7, 11) is 1.62. The number of rotatable bonds is 2. The minimum absolute atomic E-state index is 0.413. The summed E-state index contributed by atoms with van der Waals surface area (Å²) in [5, 5.41) is 5.63. The van der Waals surface area contributed by atoms with Crippen molar-refractivity contribution in [1.82, 2.24) is 5.16 Å². The maximum Gasteiger partial charge on any atom is 0.196 e. The monoisotopic (exact) mass is 322 g/mol. The van der Waals surface area contributed by atoms with E-state index in [2.05, 4.69) is 27.7 Å². The molecule has 0 atom stereocenters. The van der Waals surface area contributed by atoms with Crippen molar-refractivity contribution in [1.29, 1.82) is 0 Å². The van der Waals surface area contributed by atoms with Gasteiger partial charge < -0.3 is 15.0 Å². The normalized spacial score (nSPS) is 10.4. The summed E-state index contributed by atoms with van der Waals surface area (Å²) in [6.07, 6.45) is 0. The van der Waals surface area contributed by atoms with Crippen molar-refractivity contribution in [3.8, 4) is 16.4 Å². The largest absolute Gasteiger partial charge is 0.495 e. The molecule has 6 heteroatoms. The smallest absolute Gasteiger partial charge is 0.196 e. The molecule has 0 bridgehead atoms. The Labute approximate surface area is 98.2 Å². The zero-order valence-electron chi connectivity index (χ0n) is 7.28. The minimum atomic E-state index is 0.413. The molecule has 0 unspecified atom stereocenters. The third kappa shape index (κ3) is 1.48. The van der Waals surface area contributed by atoms with E-state index in [1.165, 1.54) is 11.3 Å². The first-order valence-electron chi connectivity index (χ1n) is 3.76. The van der Waals surface area contributed by atoms with Gasteiger partial charge in [0.15, 0.2) is 11.6 Å². The molecule has 74 valence electrons. The number of thiophene rings is 1. The second-order valence-corrected chi connectivity index (χ2v) is 4.52. The lowest BCUT2D eigenvalue weighted by Crippen LogP contribution is -1.86. The highest BCUT2D eigenvalue weighted by Gasteiger charge is 2.18. The van der Waals surface area contributed by atoms with Crippen LogP contribution in [0.1, 0.15) is 0 Å². The zero-order valence-corrected chi connectivity index (χ0v) is 10.3. The van der Waals surface area contributed by atoms with E-state index >= 15 is 0 Å². The van der Waals surface area contributed by atoms with Crippen molar-refractivity contribution >= 4 is 39.7 Å². The van der Waals surface area contributed by atoms with E-state index < -0.39 is 0 Å². The topological polar surface area (TPSA) is 61.3 Å². The lowest BCUT2D eigenvalue weighted by atomic mass is 10.3. The van der Waals surface area contributed by atoms with Gasteiger partial charge >= 0.3 is 0 Å². The van der Waals surface area contributed by atoms with Gasteiger partial charge in [0.25, 0.3) is 0 Å². The van der Waals surface area contributed by atoms with Crippen molar-refractivity contribution < 1.29 is 9.26 Å². The highest BCUT2D eigenvalue weighted by molar-refractivity contribution is 14.1. The van der Waals surface area contributed by atoms with Crippen LogP contribution in [0.25, 0.3) is 10.6 Å². The fraction of sp³-hybridized carbons (Fsp3) is 0.125. The molecule has 0 aliphatic carbocycles. The molecule has 0 radical (unpaired) electrons. The Hall–Kier alpha value is -0.760. The van der Waals surface area contributed by atoms with Gasteiger partial charge in [-0.05, 0) is 34.0 Å². The Morgan fingerprint density at radius 3 is 3.00 bits per heavy atom. The van der Waals surface area contributed by atoms with E-state index in [9.17, 15) is 0 Å². The van der Waals surface area contributed by atoms with Gasteiger partial charge in [-0.3, -0.25) is 0 Å². The van der Waals surface area contributed by atoms with Gasteiger partial charge in [-0.1, -0.05) is 5.16 Å². The van der Waals surface area contributed by atoms with Gasteiger partial charge in [-0.15, -0.1) is 11.3 Å². The molecule has 0 aliphatic heterocycles. The Balaban J connectivity index is 2.54. The molecule has 2 N–H and O–H groups in total. The van der Waals surface area contributed by atoms with Crippen molar-refractivity contribution in [2.24, 2.45) is 0 Å². The molecular formula is C8H7IN2O2S. The first-order chi connectivity index (χ1) is 6.74. The number of nitrogens with two attached hydrogens (primary N) is 1. The number of ether oxygens (including phenoxy) is 1. The number of hydrogen-bond acceptors (Lipinski definition) is 5. The Morgan fingerprint density at radius 1 is 1.64 bits per heavy atom. The first-order valence-corrected chi connectivity index (χ1v) is 5.72. The van der Waals surface area contributed by atoms with Crippen molar-refractivity contribution in [3.05, 3.63) is 15.0 Å². The number of halogens is 1. The lowest BCUT2D eigenvalue weighted by Gasteiger charge is -1.97. The summed E-state index contributed by atoms with van der Waals surface area (Å²) in [5.74, 6) is 1.87. The summed E-state index contributed by atoms with van der Waals surface area (Å²) < 4.78 is 11.1. The Kier molecular flexibility index (Phi) is 2.64. The van der Waals surface area contributed by atoms with Gasteiger partial charge in [-0.25, -0.2) is 0 Å². The molecule has 2 rings (SSSR count). The second-order valence-electron chi connectivity index (χ2n) is 2.53. The predicted octanol–water partition coefficient (Wildman–Crippen LogP) is 2.60. The van der Waals surface area contributed by atoms with Crippen LogP contribution in [0.5, 0.6) is 5.75 Å². The fourth-order valence-corrected chi connectivity index (χ4v) is 2.55. The van der Waals surface area contributed by atoms with E-state index in [-0.39, 0.29) is 0 Å². The van der Waals surface area contributed by atoms with Crippen LogP contribution in [-0.2, 0) is 0 Å². The van der Waals surface area contributed by atoms with Crippen LogP contribution < -0.4 is 10.5 Å². The van der Waals surface area contributed by atoms with Gasteiger partial charge in [0.2, 0.25) is 0 Å². The van der Waals surface area contributed by atoms with Crippen LogP contribution in [0, 0.1) is 3.57 Å². The average molecular weight is 322 g/mol. The Bertz CT molecular complexity index is 452. The molecule has 2 aromatic heterocycles. The van der Waals surface area contributed by atoms with Crippen LogP contribution in [0.15, 0.2) is 16.0 Å². The third-order valence-corrected chi connectivity index (χ3v) is 3.65. The Morgan fingerprint density at radius 2 is 2.43 bits per heavy atom. The van der Waals surface area contributed by atoms with E-state index in [0.717, 1.165) is 14.2 Å². The average Bonchev–Trinajstić information content (AvgIpc) is 2.75. The predicted molar refractivity (Wildman–Crippen MR) is 63.5 cm³/mol. The van der Waals surface area contributed by atoms with Gasteiger partial charge in [0.05, 0.1) is 7.11 Å². The van der Waals surface area contributed by atoms with Crippen molar-refractivity contribution in [2.45, 2.75) is 0 Å². The van der Waals surface area contributed by atoms with E-state index in [1.807, 2.05) is 11.4 Å². The molecule has 0 spiro atoms. The molecule has 14 heavy (non-hydrogen) atoms. The van der Waals surface area contributed by atoms with E-state index in [4.69, 9.17) is 15.0 Å². The molecule has 2 aromatic rings. The molecule has 0 saturated heterocycles. The SMILES string of the molecule is COc1ccsc1-c1onc(N)c1I. The molecule has 0 aliphatic rings. The summed E-state index contributed by atoms with van der Waals surface area (Å²) in [6.45, 7) is 0. The molecular weight excluding hydrogens is 315 g/mol. The maximum absolute atomic E-state index is 5.59. The quantitative estimate of drug-likeness (QED) is 0.864. The molecule has 2 heterocycles. The van der Waals surface area contributed by atoms with Crippen LogP contribution in [0.4, 0.5) is 5.82 Å². The molecule has 4 nitrogen and oxygen atoms in total. The molecule has 0 amide bonds. The van der Waals surface area contributed by atoms with Crippen LogP contribution in [0.3, 0.4) is 0 Å². The maximum atomic E-state index is 5.59. The highest BCUT2D eigenvalue weighted by Crippen LogP contribution is 2.39.